The Morgan fingerprint density at radius 2 is 1.89 bits per heavy atom. The second-order valence-electron chi connectivity index (χ2n) is 10.4. The van der Waals surface area contributed by atoms with Gasteiger partial charge in [-0.3, -0.25) is 0 Å². The number of esters is 1. The van der Waals surface area contributed by atoms with Crippen LogP contribution in [0.2, 0.25) is 0 Å². The maximum atomic E-state index is 15.5. The molecule has 0 aliphatic carbocycles. The number of carbonyl (C=O) groups is 1. The Hall–Kier alpha value is -6.16. The molecule has 0 saturated carbocycles. The first-order valence-electron chi connectivity index (χ1n) is 14.5. The summed E-state index contributed by atoms with van der Waals surface area (Å²) >= 11 is 0. The number of ether oxygens (including phenoxy) is 3. The van der Waals surface area contributed by atoms with Crippen molar-refractivity contribution in [2.75, 3.05) is 7.11 Å². The lowest BCUT2D eigenvalue weighted by atomic mass is 10.1. The molecule has 236 valence electrons. The van der Waals surface area contributed by atoms with Gasteiger partial charge in [0.15, 0.2) is 17.4 Å². The molecule has 0 spiro atoms. The smallest absolute Gasteiger partial charge is 0.337 e. The second-order valence-corrected chi connectivity index (χ2v) is 10.4. The monoisotopic (exact) mass is 635 g/mol. The Morgan fingerprint density at radius 3 is 2.66 bits per heavy atom. The summed E-state index contributed by atoms with van der Waals surface area (Å²) in [5, 5.41) is 8.90. The average Bonchev–Trinajstić information content (AvgIpc) is 3.68. The predicted molar refractivity (Wildman–Crippen MR) is 165 cm³/mol. The van der Waals surface area contributed by atoms with E-state index < -0.39 is 17.6 Å². The van der Waals surface area contributed by atoms with Crippen molar-refractivity contribution in [1.82, 2.24) is 29.1 Å². The van der Waals surface area contributed by atoms with Gasteiger partial charge in [0.25, 0.3) is 0 Å². The highest BCUT2D eigenvalue weighted by atomic mass is 19.1. The van der Waals surface area contributed by atoms with Gasteiger partial charge >= 0.3 is 5.97 Å². The quantitative estimate of drug-likeness (QED) is 0.158. The first-order valence-corrected chi connectivity index (χ1v) is 14.5. The summed E-state index contributed by atoms with van der Waals surface area (Å²) in [5.74, 6) is -0.556. The molecule has 0 N–H and O–H groups in total. The number of benzene rings is 3. The summed E-state index contributed by atoms with van der Waals surface area (Å²) in [4.78, 5) is 29.7. The molecule has 0 atom stereocenters. The van der Waals surface area contributed by atoms with E-state index in [1.165, 1.54) is 37.6 Å². The molecule has 0 bridgehead atoms. The fourth-order valence-corrected chi connectivity index (χ4v) is 5.02. The van der Waals surface area contributed by atoms with E-state index in [2.05, 4.69) is 15.0 Å². The predicted octanol–water partition coefficient (Wildman–Crippen LogP) is 5.99. The number of nitrogens with zero attached hydrogens (tertiary/aromatic N) is 7. The van der Waals surface area contributed by atoms with Crippen LogP contribution in [0.1, 0.15) is 45.8 Å². The molecule has 0 aliphatic rings. The van der Waals surface area contributed by atoms with E-state index >= 15 is 4.39 Å². The average molecular weight is 636 g/mol. The first-order chi connectivity index (χ1) is 22.8. The fourth-order valence-electron chi connectivity index (χ4n) is 5.02. The van der Waals surface area contributed by atoms with Crippen LogP contribution in [0, 0.1) is 23.0 Å². The van der Waals surface area contributed by atoms with E-state index in [0.29, 0.717) is 34.5 Å². The standard InChI is InChI=1S/C34H27F2N7O4/c1-3-42-20-38-17-24(42)18-43-29-13-23(34(44)45-2)6-8-28(29)40-32(43)14-22-5-7-25(15-26(22)35)47-33-10-11-39-31(41-33)19-46-30-9-4-21(16-37)12-27(30)36/h4-13,15,17,20H,3,14,18-19H2,1-2H3. The largest absolute Gasteiger partial charge is 0.483 e. The molecular weight excluding hydrogens is 608 g/mol. The number of hydrogen-bond acceptors (Lipinski definition) is 9. The van der Waals surface area contributed by atoms with Crippen molar-refractivity contribution in [3.63, 3.8) is 0 Å². The van der Waals surface area contributed by atoms with E-state index in [1.54, 1.807) is 42.9 Å². The number of aromatic nitrogens is 6. The molecule has 0 unspecified atom stereocenters. The molecule has 6 rings (SSSR count). The molecular formula is C34H27F2N7O4. The summed E-state index contributed by atoms with van der Waals surface area (Å²) in [6, 6.07) is 16.8. The first kappa shape index (κ1) is 30.8. The van der Waals surface area contributed by atoms with Gasteiger partial charge in [0.05, 0.1) is 53.9 Å². The van der Waals surface area contributed by atoms with Crippen LogP contribution in [0.4, 0.5) is 8.78 Å². The highest BCUT2D eigenvalue weighted by Gasteiger charge is 2.18. The highest BCUT2D eigenvalue weighted by Crippen LogP contribution is 2.27. The maximum absolute atomic E-state index is 15.5. The highest BCUT2D eigenvalue weighted by molar-refractivity contribution is 5.93. The van der Waals surface area contributed by atoms with Gasteiger partial charge in [0, 0.05) is 37.5 Å². The van der Waals surface area contributed by atoms with E-state index in [1.807, 2.05) is 22.1 Å². The van der Waals surface area contributed by atoms with E-state index in [9.17, 15) is 9.18 Å². The second kappa shape index (κ2) is 13.5. The molecule has 0 radical (unpaired) electrons. The third-order valence-corrected chi connectivity index (χ3v) is 7.40. The number of aryl methyl sites for hydroxylation is 1. The molecule has 3 heterocycles. The molecule has 47 heavy (non-hydrogen) atoms. The van der Waals surface area contributed by atoms with E-state index in [0.717, 1.165) is 18.3 Å². The van der Waals surface area contributed by atoms with Gasteiger partial charge in [-0.05, 0) is 55.0 Å². The van der Waals surface area contributed by atoms with Crippen LogP contribution in [-0.2, 0) is 30.9 Å². The van der Waals surface area contributed by atoms with Crippen LogP contribution in [0.15, 0.2) is 79.4 Å². The van der Waals surface area contributed by atoms with Crippen molar-refractivity contribution >= 4 is 17.0 Å². The van der Waals surface area contributed by atoms with Gasteiger partial charge in [0.2, 0.25) is 5.88 Å². The molecule has 0 saturated heterocycles. The van der Waals surface area contributed by atoms with Crippen LogP contribution in [0.25, 0.3) is 11.0 Å². The maximum Gasteiger partial charge on any atom is 0.337 e. The van der Waals surface area contributed by atoms with Gasteiger partial charge in [-0.15, -0.1) is 0 Å². The van der Waals surface area contributed by atoms with E-state index in [4.69, 9.17) is 24.5 Å². The number of nitriles is 1. The number of methoxy groups -OCH3 is 1. The number of hydrogen-bond donors (Lipinski definition) is 0. The van der Waals surface area contributed by atoms with Crippen LogP contribution >= 0.6 is 0 Å². The Kier molecular flexibility index (Phi) is 8.83. The van der Waals surface area contributed by atoms with Gasteiger partial charge in [-0.2, -0.15) is 10.2 Å². The molecule has 3 aromatic carbocycles. The SMILES string of the molecule is CCn1cncc1Cn1c(Cc2ccc(Oc3ccnc(COc4ccc(C#N)cc4F)n3)cc2F)nc2ccc(C(=O)OC)cc21. The minimum atomic E-state index is -0.680. The molecule has 6 aromatic rings. The van der Waals surface area contributed by atoms with Gasteiger partial charge in [-0.1, -0.05) is 6.07 Å². The summed E-state index contributed by atoms with van der Waals surface area (Å²) in [6.07, 6.45) is 5.12. The zero-order valence-electron chi connectivity index (χ0n) is 25.4. The third kappa shape index (κ3) is 6.76. The Balaban J connectivity index is 1.21. The van der Waals surface area contributed by atoms with Crippen molar-refractivity contribution in [3.05, 3.63) is 125 Å². The van der Waals surface area contributed by atoms with Crippen molar-refractivity contribution in [3.8, 4) is 23.4 Å². The van der Waals surface area contributed by atoms with Gasteiger partial charge in [0.1, 0.15) is 24.0 Å². The third-order valence-electron chi connectivity index (χ3n) is 7.40. The number of imidazole rings is 2. The number of halogens is 2. The van der Waals surface area contributed by atoms with Gasteiger partial charge < -0.3 is 23.3 Å². The normalized spacial score (nSPS) is 11.0. The molecule has 0 fully saturated rings. The summed E-state index contributed by atoms with van der Waals surface area (Å²) < 4.78 is 49.8. The summed E-state index contributed by atoms with van der Waals surface area (Å²) in [7, 11) is 1.32. The molecule has 13 heteroatoms. The lowest BCUT2D eigenvalue weighted by Gasteiger charge is -2.12. The molecule has 0 amide bonds. The zero-order chi connectivity index (χ0) is 32.9. The van der Waals surface area contributed by atoms with E-state index in [-0.39, 0.29) is 41.8 Å². The summed E-state index contributed by atoms with van der Waals surface area (Å²) in [5.41, 5.74) is 3.22. The minimum absolute atomic E-state index is 0.0509. The van der Waals surface area contributed by atoms with Crippen LogP contribution in [0.5, 0.6) is 17.4 Å². The summed E-state index contributed by atoms with van der Waals surface area (Å²) in [6.45, 7) is 2.98. The zero-order valence-corrected chi connectivity index (χ0v) is 25.4. The molecule has 11 nitrogen and oxygen atoms in total. The number of fused-ring (bicyclic) bond motifs is 1. The van der Waals surface area contributed by atoms with Crippen molar-refractivity contribution in [2.45, 2.75) is 33.0 Å². The van der Waals surface area contributed by atoms with Crippen LogP contribution in [-0.4, -0.2) is 42.1 Å². The Morgan fingerprint density at radius 1 is 1.02 bits per heavy atom. The topological polar surface area (TPSA) is 130 Å². The number of rotatable bonds is 11. The lowest BCUT2D eigenvalue weighted by molar-refractivity contribution is 0.0601. The van der Waals surface area contributed by atoms with Crippen LogP contribution in [0.3, 0.4) is 0 Å². The lowest BCUT2D eigenvalue weighted by Crippen LogP contribution is -2.10. The molecule has 3 aromatic heterocycles. The fraction of sp³-hybridized carbons (Fsp3) is 0.176. The van der Waals surface area contributed by atoms with Crippen molar-refractivity contribution in [1.29, 1.82) is 5.26 Å². The van der Waals surface area contributed by atoms with Crippen molar-refractivity contribution in [2.24, 2.45) is 0 Å². The van der Waals surface area contributed by atoms with Crippen molar-refractivity contribution < 1.29 is 27.8 Å². The number of carbonyl (C=O) groups excluding carboxylic acids is 1. The molecule has 0 aliphatic heterocycles. The Labute approximate surface area is 267 Å². The minimum Gasteiger partial charge on any atom is -0.483 e. The van der Waals surface area contributed by atoms with Crippen LogP contribution < -0.4 is 9.47 Å². The Bertz CT molecular complexity index is 2140. The van der Waals surface area contributed by atoms with Gasteiger partial charge in [-0.25, -0.2) is 28.5 Å².